The molecule has 2 fully saturated rings. The number of rotatable bonds is 3. The van der Waals surface area contributed by atoms with Gasteiger partial charge in [-0.15, -0.1) is 0 Å². The van der Waals surface area contributed by atoms with E-state index in [4.69, 9.17) is 11.6 Å². The Kier molecular flexibility index (Phi) is 5.08. The first-order valence-electron chi connectivity index (χ1n) is 9.31. The lowest BCUT2D eigenvalue weighted by molar-refractivity contribution is -0.123. The van der Waals surface area contributed by atoms with Crippen LogP contribution >= 0.6 is 11.6 Å². The Hall–Kier alpha value is -2.44. The summed E-state index contributed by atoms with van der Waals surface area (Å²) in [4.78, 5) is 31.0. The van der Waals surface area contributed by atoms with Crippen LogP contribution in [0, 0.1) is 12.7 Å². The predicted octanol–water partition coefficient (Wildman–Crippen LogP) is 3.24. The second kappa shape index (κ2) is 7.53. The molecule has 146 valence electrons. The first-order chi connectivity index (χ1) is 13.4. The summed E-state index contributed by atoms with van der Waals surface area (Å²) >= 11 is 6.17. The second-order valence-electron chi connectivity index (χ2n) is 7.22. The van der Waals surface area contributed by atoms with Gasteiger partial charge in [0.1, 0.15) is 5.82 Å². The fraction of sp³-hybridized carbons (Fsp3) is 0.333. The highest BCUT2D eigenvalue weighted by atomic mass is 35.5. The van der Waals surface area contributed by atoms with Crippen molar-refractivity contribution in [3.05, 3.63) is 58.9 Å². The zero-order chi connectivity index (χ0) is 19.8. The van der Waals surface area contributed by atoms with Gasteiger partial charge in [-0.05, 0) is 48.9 Å². The highest BCUT2D eigenvalue weighted by molar-refractivity contribution is 6.32. The van der Waals surface area contributed by atoms with Crippen LogP contribution in [-0.4, -0.2) is 48.9 Å². The van der Waals surface area contributed by atoms with Crippen LogP contribution in [0.4, 0.5) is 15.8 Å². The van der Waals surface area contributed by atoms with Crippen molar-refractivity contribution < 1.29 is 14.0 Å². The number of hydrogen-bond donors (Lipinski definition) is 0. The minimum Gasteiger partial charge on any atom is -0.369 e. The largest absolute Gasteiger partial charge is 0.369 e. The van der Waals surface area contributed by atoms with Crippen LogP contribution in [0.15, 0.2) is 42.5 Å². The fourth-order valence-corrected chi connectivity index (χ4v) is 4.01. The Morgan fingerprint density at radius 2 is 1.61 bits per heavy atom. The van der Waals surface area contributed by atoms with Gasteiger partial charge in [-0.25, -0.2) is 9.29 Å². The standard InChI is InChI=1S/C21H21ClFN3O2/c1-14-2-5-17(12-18(14)22)26-20(27)13-19(21(26)28)25-10-8-24(9-11-25)16-6-3-15(23)4-7-16/h2-7,12,19H,8-11,13H2,1H3/t19-/m0/s1. The van der Waals surface area contributed by atoms with E-state index in [0.29, 0.717) is 23.8 Å². The molecule has 0 N–H and O–H groups in total. The van der Waals surface area contributed by atoms with E-state index in [9.17, 15) is 14.0 Å². The summed E-state index contributed by atoms with van der Waals surface area (Å²) in [5.74, 6) is -0.648. The maximum absolute atomic E-state index is 13.1. The summed E-state index contributed by atoms with van der Waals surface area (Å²) in [7, 11) is 0. The highest BCUT2D eigenvalue weighted by Crippen LogP contribution is 2.30. The lowest BCUT2D eigenvalue weighted by atomic mass is 10.1. The number of anilines is 2. The predicted molar refractivity (Wildman–Crippen MR) is 107 cm³/mol. The van der Waals surface area contributed by atoms with Gasteiger partial charge in [0.05, 0.1) is 18.2 Å². The van der Waals surface area contributed by atoms with E-state index >= 15 is 0 Å². The Bertz CT molecular complexity index is 910. The fourth-order valence-electron chi connectivity index (χ4n) is 3.84. The normalized spacial score (nSPS) is 20.9. The van der Waals surface area contributed by atoms with Gasteiger partial charge < -0.3 is 4.90 Å². The molecule has 4 rings (SSSR count). The number of carbonyl (C=O) groups excluding carboxylic acids is 2. The lowest BCUT2D eigenvalue weighted by Crippen LogP contribution is -2.52. The van der Waals surface area contributed by atoms with E-state index < -0.39 is 6.04 Å². The van der Waals surface area contributed by atoms with Crippen molar-refractivity contribution in [3.63, 3.8) is 0 Å². The monoisotopic (exact) mass is 401 g/mol. The molecule has 0 radical (unpaired) electrons. The van der Waals surface area contributed by atoms with Crippen molar-refractivity contribution in [1.29, 1.82) is 0 Å². The van der Waals surface area contributed by atoms with Gasteiger partial charge in [0.25, 0.3) is 5.91 Å². The molecule has 0 spiro atoms. The van der Waals surface area contributed by atoms with E-state index in [-0.39, 0.29) is 24.1 Å². The van der Waals surface area contributed by atoms with Gasteiger partial charge in [-0.1, -0.05) is 17.7 Å². The topological polar surface area (TPSA) is 43.9 Å². The summed E-state index contributed by atoms with van der Waals surface area (Å²) in [6.45, 7) is 4.66. The first kappa shape index (κ1) is 18.9. The van der Waals surface area contributed by atoms with Gasteiger partial charge in [-0.3, -0.25) is 14.5 Å². The van der Waals surface area contributed by atoms with Crippen LogP contribution in [0.3, 0.4) is 0 Å². The van der Waals surface area contributed by atoms with Crippen molar-refractivity contribution in [1.82, 2.24) is 4.90 Å². The molecular formula is C21H21ClFN3O2. The third-order valence-corrected chi connectivity index (χ3v) is 5.89. The summed E-state index contributed by atoms with van der Waals surface area (Å²) in [6.07, 6.45) is 0.181. The van der Waals surface area contributed by atoms with Gasteiger partial charge in [0.2, 0.25) is 5.91 Å². The number of nitrogens with zero attached hydrogens (tertiary/aromatic N) is 3. The zero-order valence-corrected chi connectivity index (χ0v) is 16.3. The van der Waals surface area contributed by atoms with Crippen LogP contribution in [-0.2, 0) is 9.59 Å². The Balaban J connectivity index is 1.44. The van der Waals surface area contributed by atoms with E-state index in [0.717, 1.165) is 24.3 Å². The average Bonchev–Trinajstić information content (AvgIpc) is 2.99. The summed E-state index contributed by atoms with van der Waals surface area (Å²) < 4.78 is 13.1. The maximum atomic E-state index is 13.1. The molecule has 0 bridgehead atoms. The summed E-state index contributed by atoms with van der Waals surface area (Å²) in [5.41, 5.74) is 2.39. The Labute approximate surface area is 168 Å². The van der Waals surface area contributed by atoms with E-state index in [1.54, 1.807) is 24.3 Å². The SMILES string of the molecule is Cc1ccc(N2C(=O)C[C@H](N3CCN(c4ccc(F)cc4)CC3)C2=O)cc1Cl. The van der Waals surface area contributed by atoms with Crippen molar-refractivity contribution in [2.75, 3.05) is 36.0 Å². The molecule has 28 heavy (non-hydrogen) atoms. The van der Waals surface area contributed by atoms with Gasteiger partial charge in [0, 0.05) is 36.9 Å². The quantitative estimate of drug-likeness (QED) is 0.741. The number of hydrogen-bond acceptors (Lipinski definition) is 4. The summed E-state index contributed by atoms with van der Waals surface area (Å²) in [5, 5.41) is 0.537. The van der Waals surface area contributed by atoms with Gasteiger partial charge in [-0.2, -0.15) is 0 Å². The van der Waals surface area contributed by atoms with Crippen LogP contribution in [0.25, 0.3) is 0 Å². The number of aryl methyl sites for hydroxylation is 1. The van der Waals surface area contributed by atoms with Gasteiger partial charge in [0.15, 0.2) is 0 Å². The molecule has 5 nitrogen and oxygen atoms in total. The van der Waals surface area contributed by atoms with Crippen LogP contribution in [0.5, 0.6) is 0 Å². The molecule has 2 aliphatic heterocycles. The Morgan fingerprint density at radius 3 is 2.25 bits per heavy atom. The number of benzene rings is 2. The number of amides is 2. The van der Waals surface area contributed by atoms with Gasteiger partial charge >= 0.3 is 0 Å². The van der Waals surface area contributed by atoms with E-state index in [2.05, 4.69) is 9.80 Å². The molecule has 0 unspecified atom stereocenters. The summed E-state index contributed by atoms with van der Waals surface area (Å²) in [6, 6.07) is 11.2. The number of halogens is 2. The van der Waals surface area contributed by atoms with Crippen molar-refractivity contribution in [2.45, 2.75) is 19.4 Å². The molecular weight excluding hydrogens is 381 g/mol. The molecule has 2 heterocycles. The van der Waals surface area contributed by atoms with Crippen LogP contribution < -0.4 is 9.80 Å². The van der Waals surface area contributed by atoms with Crippen molar-refractivity contribution in [2.24, 2.45) is 0 Å². The lowest BCUT2D eigenvalue weighted by Gasteiger charge is -2.38. The minimum absolute atomic E-state index is 0.181. The molecule has 2 aromatic rings. The maximum Gasteiger partial charge on any atom is 0.251 e. The molecule has 2 saturated heterocycles. The molecule has 0 aromatic heterocycles. The number of piperazine rings is 1. The van der Waals surface area contributed by atoms with Crippen molar-refractivity contribution >= 4 is 34.8 Å². The number of carbonyl (C=O) groups is 2. The van der Waals surface area contributed by atoms with Crippen LogP contribution in [0.1, 0.15) is 12.0 Å². The Morgan fingerprint density at radius 1 is 0.964 bits per heavy atom. The molecule has 2 aliphatic rings. The molecule has 7 heteroatoms. The smallest absolute Gasteiger partial charge is 0.251 e. The zero-order valence-electron chi connectivity index (χ0n) is 15.6. The third kappa shape index (κ3) is 3.50. The van der Waals surface area contributed by atoms with Crippen LogP contribution in [0.2, 0.25) is 5.02 Å². The molecule has 0 aliphatic carbocycles. The molecule has 1 atom stereocenters. The molecule has 2 aromatic carbocycles. The first-order valence-corrected chi connectivity index (χ1v) is 9.69. The highest BCUT2D eigenvalue weighted by Gasteiger charge is 2.43. The van der Waals surface area contributed by atoms with Crippen molar-refractivity contribution in [3.8, 4) is 0 Å². The molecule has 2 amide bonds. The van der Waals surface area contributed by atoms with E-state index in [1.807, 2.05) is 13.0 Å². The number of imide groups is 1. The third-order valence-electron chi connectivity index (χ3n) is 5.48. The second-order valence-corrected chi connectivity index (χ2v) is 7.63. The minimum atomic E-state index is -0.442. The van der Waals surface area contributed by atoms with E-state index in [1.165, 1.54) is 17.0 Å². The molecule has 0 saturated carbocycles. The average molecular weight is 402 g/mol.